The predicted molar refractivity (Wildman–Crippen MR) is 92.7 cm³/mol. The molecule has 0 spiro atoms. The van der Waals surface area contributed by atoms with E-state index in [1.54, 1.807) is 31.4 Å². The lowest BCUT2D eigenvalue weighted by molar-refractivity contribution is 0.192. The second kappa shape index (κ2) is 7.67. The van der Waals surface area contributed by atoms with Gasteiger partial charge in [-0.05, 0) is 54.8 Å². The number of likely N-dealkylation sites (tertiary alicyclic amines) is 1. The number of phenolic OH excluding ortho intramolecular Hbond substituents is 1. The maximum absolute atomic E-state index is 13.6. The van der Waals surface area contributed by atoms with Gasteiger partial charge in [0.25, 0.3) is 0 Å². The summed E-state index contributed by atoms with van der Waals surface area (Å²) in [5, 5.41) is 10.0. The molecule has 3 rings (SSSR count). The average molecular weight is 329 g/mol. The summed E-state index contributed by atoms with van der Waals surface area (Å²) in [6.07, 6.45) is 4.54. The minimum absolute atomic E-state index is 0.159. The molecule has 1 aliphatic rings. The van der Waals surface area contributed by atoms with E-state index in [-0.39, 0.29) is 17.6 Å². The molecule has 0 unspecified atom stereocenters. The Hall–Kier alpha value is -2.07. The van der Waals surface area contributed by atoms with Crippen molar-refractivity contribution in [3.63, 3.8) is 0 Å². The van der Waals surface area contributed by atoms with E-state index in [4.69, 9.17) is 4.74 Å². The summed E-state index contributed by atoms with van der Waals surface area (Å²) in [6.45, 7) is 1.71. The van der Waals surface area contributed by atoms with E-state index >= 15 is 0 Å². The molecule has 2 aromatic carbocycles. The van der Waals surface area contributed by atoms with E-state index < -0.39 is 0 Å². The standard InChI is InChI=1S/C20H24FNO2/c1-24-20-10-9-15(12-19(20)23)14-22-11-4-2-3-8-18(22)16-6-5-7-17(21)13-16/h5-7,9-10,12-13,18,23H,2-4,8,11,14H2,1H3/t18-/m0/s1. The topological polar surface area (TPSA) is 32.7 Å². The molecule has 3 nitrogen and oxygen atoms in total. The van der Waals surface area contributed by atoms with Crippen molar-refractivity contribution in [2.45, 2.75) is 38.3 Å². The molecule has 0 aliphatic carbocycles. The van der Waals surface area contributed by atoms with Gasteiger partial charge in [-0.3, -0.25) is 4.90 Å². The van der Waals surface area contributed by atoms with Crippen molar-refractivity contribution < 1.29 is 14.2 Å². The van der Waals surface area contributed by atoms with Crippen LogP contribution in [0.5, 0.6) is 11.5 Å². The highest BCUT2D eigenvalue weighted by atomic mass is 19.1. The van der Waals surface area contributed by atoms with Gasteiger partial charge in [0.2, 0.25) is 0 Å². The van der Waals surface area contributed by atoms with Crippen molar-refractivity contribution in [2.75, 3.05) is 13.7 Å². The molecule has 1 saturated heterocycles. The van der Waals surface area contributed by atoms with Crippen LogP contribution in [0.25, 0.3) is 0 Å². The van der Waals surface area contributed by atoms with Gasteiger partial charge in [-0.1, -0.05) is 31.0 Å². The number of hydrogen-bond acceptors (Lipinski definition) is 3. The van der Waals surface area contributed by atoms with Gasteiger partial charge in [0.15, 0.2) is 11.5 Å². The Morgan fingerprint density at radius 2 is 2.04 bits per heavy atom. The first-order valence-corrected chi connectivity index (χ1v) is 8.53. The van der Waals surface area contributed by atoms with Gasteiger partial charge in [-0.2, -0.15) is 0 Å². The second-order valence-electron chi connectivity index (χ2n) is 6.40. The van der Waals surface area contributed by atoms with Gasteiger partial charge in [0.1, 0.15) is 5.82 Å². The Morgan fingerprint density at radius 3 is 2.79 bits per heavy atom. The van der Waals surface area contributed by atoms with Crippen molar-refractivity contribution in [2.24, 2.45) is 0 Å². The van der Waals surface area contributed by atoms with Crippen LogP contribution in [0.15, 0.2) is 42.5 Å². The molecule has 24 heavy (non-hydrogen) atoms. The molecule has 0 amide bonds. The molecule has 1 fully saturated rings. The molecule has 2 aromatic rings. The number of halogens is 1. The summed E-state index contributed by atoms with van der Waals surface area (Å²) in [6, 6.07) is 12.7. The van der Waals surface area contributed by atoms with E-state index in [1.807, 2.05) is 12.1 Å². The zero-order valence-electron chi connectivity index (χ0n) is 14.0. The minimum atomic E-state index is -0.182. The second-order valence-corrected chi connectivity index (χ2v) is 6.40. The maximum atomic E-state index is 13.6. The average Bonchev–Trinajstić information content (AvgIpc) is 2.80. The zero-order chi connectivity index (χ0) is 16.9. The molecule has 1 N–H and O–H groups in total. The first kappa shape index (κ1) is 16.8. The Labute approximate surface area is 142 Å². The van der Waals surface area contributed by atoms with Crippen molar-refractivity contribution in [3.05, 3.63) is 59.4 Å². The first-order valence-electron chi connectivity index (χ1n) is 8.53. The molecular weight excluding hydrogens is 305 g/mol. The molecule has 128 valence electrons. The van der Waals surface area contributed by atoms with Crippen molar-refractivity contribution in [1.82, 2.24) is 4.90 Å². The lowest BCUT2D eigenvalue weighted by Crippen LogP contribution is -2.28. The number of nitrogens with zero attached hydrogens (tertiary/aromatic N) is 1. The summed E-state index contributed by atoms with van der Waals surface area (Å²) in [7, 11) is 1.55. The van der Waals surface area contributed by atoms with Crippen molar-refractivity contribution in [3.8, 4) is 11.5 Å². The predicted octanol–water partition coefficient (Wildman–Crippen LogP) is 4.66. The lowest BCUT2D eigenvalue weighted by atomic mass is 10.00. The van der Waals surface area contributed by atoms with Gasteiger partial charge >= 0.3 is 0 Å². The minimum Gasteiger partial charge on any atom is -0.504 e. The smallest absolute Gasteiger partial charge is 0.160 e. The number of rotatable bonds is 4. The van der Waals surface area contributed by atoms with E-state index in [0.29, 0.717) is 5.75 Å². The van der Waals surface area contributed by atoms with Crippen LogP contribution in [0.1, 0.15) is 42.9 Å². The van der Waals surface area contributed by atoms with Crippen molar-refractivity contribution >= 4 is 0 Å². The summed E-state index contributed by atoms with van der Waals surface area (Å²) in [5.41, 5.74) is 2.08. The number of aromatic hydroxyl groups is 1. The summed E-state index contributed by atoms with van der Waals surface area (Å²) >= 11 is 0. The highest BCUT2D eigenvalue weighted by Crippen LogP contribution is 2.33. The van der Waals surface area contributed by atoms with Crippen molar-refractivity contribution in [1.29, 1.82) is 0 Å². The summed E-state index contributed by atoms with van der Waals surface area (Å²) < 4.78 is 18.8. The van der Waals surface area contributed by atoms with Crippen LogP contribution < -0.4 is 4.74 Å². The molecule has 4 heteroatoms. The van der Waals surface area contributed by atoms with Crippen LogP contribution in [-0.4, -0.2) is 23.7 Å². The SMILES string of the molecule is COc1ccc(CN2CCCCC[C@H]2c2cccc(F)c2)cc1O. The number of methoxy groups -OCH3 is 1. The molecule has 0 aromatic heterocycles. The normalized spacial score (nSPS) is 19.0. The number of phenols is 1. The molecule has 1 atom stereocenters. The number of benzene rings is 2. The Balaban J connectivity index is 1.83. The van der Waals surface area contributed by atoms with Crippen LogP contribution in [0, 0.1) is 5.82 Å². The highest BCUT2D eigenvalue weighted by molar-refractivity contribution is 5.41. The molecule has 0 bridgehead atoms. The third kappa shape index (κ3) is 3.88. The Morgan fingerprint density at radius 1 is 1.17 bits per heavy atom. The summed E-state index contributed by atoms with van der Waals surface area (Å²) in [4.78, 5) is 2.39. The largest absolute Gasteiger partial charge is 0.504 e. The maximum Gasteiger partial charge on any atom is 0.160 e. The molecule has 0 saturated carbocycles. The van der Waals surface area contributed by atoms with Crippen LogP contribution in [0.3, 0.4) is 0 Å². The van der Waals surface area contributed by atoms with E-state index in [2.05, 4.69) is 4.90 Å². The van der Waals surface area contributed by atoms with Gasteiger partial charge in [-0.25, -0.2) is 4.39 Å². The highest BCUT2D eigenvalue weighted by Gasteiger charge is 2.23. The van der Waals surface area contributed by atoms with Crippen LogP contribution in [0.4, 0.5) is 4.39 Å². The first-order chi connectivity index (χ1) is 11.7. The van der Waals surface area contributed by atoms with Crippen LogP contribution in [0.2, 0.25) is 0 Å². The fraction of sp³-hybridized carbons (Fsp3) is 0.400. The molecule has 1 aliphatic heterocycles. The van der Waals surface area contributed by atoms with Gasteiger partial charge in [0.05, 0.1) is 7.11 Å². The summed E-state index contributed by atoms with van der Waals surface area (Å²) in [5.74, 6) is 0.460. The molecular formula is C20H24FNO2. The fourth-order valence-corrected chi connectivity index (χ4v) is 3.52. The van der Waals surface area contributed by atoms with Gasteiger partial charge in [0, 0.05) is 12.6 Å². The molecule has 1 heterocycles. The van der Waals surface area contributed by atoms with Gasteiger partial charge in [-0.15, -0.1) is 0 Å². The zero-order valence-corrected chi connectivity index (χ0v) is 14.0. The van der Waals surface area contributed by atoms with E-state index in [1.165, 1.54) is 12.5 Å². The quantitative estimate of drug-likeness (QED) is 0.886. The lowest BCUT2D eigenvalue weighted by Gasteiger charge is -2.30. The monoisotopic (exact) mass is 329 g/mol. The fourth-order valence-electron chi connectivity index (χ4n) is 3.52. The molecule has 0 radical (unpaired) electrons. The Bertz CT molecular complexity index is 689. The van der Waals surface area contributed by atoms with E-state index in [0.717, 1.165) is 43.5 Å². The third-order valence-electron chi connectivity index (χ3n) is 4.73. The van der Waals surface area contributed by atoms with Crippen LogP contribution in [-0.2, 0) is 6.54 Å². The number of hydrogen-bond donors (Lipinski definition) is 1. The third-order valence-corrected chi connectivity index (χ3v) is 4.73. The number of ether oxygens (including phenoxy) is 1. The Kier molecular flexibility index (Phi) is 5.36. The van der Waals surface area contributed by atoms with Crippen LogP contribution >= 0.6 is 0 Å². The van der Waals surface area contributed by atoms with Gasteiger partial charge < -0.3 is 9.84 Å². The van der Waals surface area contributed by atoms with E-state index in [9.17, 15) is 9.50 Å².